The molecular formula is C19H22N2O4. The number of aromatic nitrogens is 2. The van der Waals surface area contributed by atoms with Crippen LogP contribution in [-0.4, -0.2) is 54.7 Å². The average molecular weight is 342 g/mol. The number of aromatic amines is 1. The second kappa shape index (κ2) is 9.17. The first-order chi connectivity index (χ1) is 12.4. The molecule has 0 aliphatic heterocycles. The van der Waals surface area contributed by atoms with Crippen LogP contribution in [0.4, 0.5) is 0 Å². The van der Waals surface area contributed by atoms with E-state index in [1.165, 1.54) is 0 Å². The van der Waals surface area contributed by atoms with Gasteiger partial charge in [-0.15, -0.1) is 0 Å². The van der Waals surface area contributed by atoms with E-state index in [-0.39, 0.29) is 6.61 Å². The lowest BCUT2D eigenvalue weighted by Gasteiger charge is -2.10. The largest absolute Gasteiger partial charge is 0.490 e. The maximum atomic E-state index is 8.61. The third kappa shape index (κ3) is 4.79. The number of rotatable bonds is 10. The van der Waals surface area contributed by atoms with E-state index in [9.17, 15) is 0 Å². The van der Waals surface area contributed by atoms with Gasteiger partial charge in [-0.1, -0.05) is 24.3 Å². The molecule has 0 aliphatic rings. The standard InChI is InChI=1S/C19H22N2O4/c22-9-10-23-11-12-24-13-14-25-18-8-4-1-5-15(18)19-20-16-6-2-3-7-17(16)21-19/h1-8,22H,9-14H2,(H,20,21). The van der Waals surface area contributed by atoms with Gasteiger partial charge in [0, 0.05) is 0 Å². The molecule has 132 valence electrons. The quantitative estimate of drug-likeness (QED) is 0.554. The van der Waals surface area contributed by atoms with Crippen molar-refractivity contribution in [2.45, 2.75) is 0 Å². The normalized spacial score (nSPS) is 11.1. The van der Waals surface area contributed by atoms with E-state index in [0.717, 1.165) is 28.2 Å². The van der Waals surface area contributed by atoms with Crippen molar-refractivity contribution in [1.82, 2.24) is 9.97 Å². The van der Waals surface area contributed by atoms with Crippen molar-refractivity contribution < 1.29 is 19.3 Å². The maximum absolute atomic E-state index is 8.61. The van der Waals surface area contributed by atoms with Crippen LogP contribution in [0.3, 0.4) is 0 Å². The maximum Gasteiger partial charge on any atom is 0.142 e. The molecule has 2 N–H and O–H groups in total. The SMILES string of the molecule is OCCOCCOCCOc1ccccc1-c1nc2ccccc2[nH]1. The van der Waals surface area contributed by atoms with Crippen LogP contribution < -0.4 is 4.74 Å². The lowest BCUT2D eigenvalue weighted by molar-refractivity contribution is 0.0247. The van der Waals surface area contributed by atoms with Gasteiger partial charge in [-0.05, 0) is 24.3 Å². The molecule has 1 heterocycles. The third-order valence-electron chi connectivity index (χ3n) is 3.62. The van der Waals surface area contributed by atoms with Crippen molar-refractivity contribution in [3.63, 3.8) is 0 Å². The van der Waals surface area contributed by atoms with Crippen LogP contribution in [0.25, 0.3) is 22.4 Å². The van der Waals surface area contributed by atoms with Crippen LogP contribution >= 0.6 is 0 Å². The molecule has 0 fully saturated rings. The predicted molar refractivity (Wildman–Crippen MR) is 95.7 cm³/mol. The first kappa shape index (κ1) is 17.4. The number of fused-ring (bicyclic) bond motifs is 1. The number of nitrogens with one attached hydrogen (secondary N) is 1. The van der Waals surface area contributed by atoms with Crippen molar-refractivity contribution in [1.29, 1.82) is 0 Å². The van der Waals surface area contributed by atoms with E-state index in [4.69, 9.17) is 19.3 Å². The molecule has 0 radical (unpaired) electrons. The fourth-order valence-corrected chi connectivity index (χ4v) is 2.47. The average Bonchev–Trinajstić information content (AvgIpc) is 3.08. The Morgan fingerprint density at radius 1 is 0.840 bits per heavy atom. The van der Waals surface area contributed by atoms with Crippen molar-refractivity contribution in [2.75, 3.05) is 39.6 Å². The molecule has 0 saturated heterocycles. The molecule has 6 heteroatoms. The minimum Gasteiger partial charge on any atom is -0.490 e. The molecule has 3 rings (SSSR count). The zero-order chi connectivity index (χ0) is 17.3. The van der Waals surface area contributed by atoms with E-state index >= 15 is 0 Å². The lowest BCUT2D eigenvalue weighted by Crippen LogP contribution is -2.12. The van der Waals surface area contributed by atoms with Crippen LogP contribution in [0.15, 0.2) is 48.5 Å². The smallest absolute Gasteiger partial charge is 0.142 e. The molecule has 0 saturated carbocycles. The van der Waals surface area contributed by atoms with Gasteiger partial charge >= 0.3 is 0 Å². The molecule has 6 nitrogen and oxygen atoms in total. The van der Waals surface area contributed by atoms with Gasteiger partial charge in [0.05, 0.1) is 49.6 Å². The molecule has 2 aromatic carbocycles. The lowest BCUT2D eigenvalue weighted by atomic mass is 10.2. The number of para-hydroxylation sites is 3. The molecular weight excluding hydrogens is 320 g/mol. The number of aliphatic hydroxyl groups is 1. The fourth-order valence-electron chi connectivity index (χ4n) is 2.47. The van der Waals surface area contributed by atoms with Crippen LogP contribution in [0.2, 0.25) is 0 Å². The van der Waals surface area contributed by atoms with Crippen LogP contribution in [0.1, 0.15) is 0 Å². The summed E-state index contributed by atoms with van der Waals surface area (Å²) in [6, 6.07) is 15.7. The number of aliphatic hydroxyl groups excluding tert-OH is 1. The fraction of sp³-hybridized carbons (Fsp3) is 0.316. The number of benzene rings is 2. The molecule has 0 spiro atoms. The number of nitrogens with zero attached hydrogens (tertiary/aromatic N) is 1. The molecule has 0 unspecified atom stereocenters. The summed E-state index contributed by atoms with van der Waals surface area (Å²) in [6.07, 6.45) is 0. The Bertz CT molecular complexity index is 755. The second-order valence-electron chi connectivity index (χ2n) is 5.40. The van der Waals surface area contributed by atoms with Gasteiger partial charge in [0.15, 0.2) is 0 Å². The number of hydrogen-bond acceptors (Lipinski definition) is 5. The molecule has 1 aromatic heterocycles. The van der Waals surface area contributed by atoms with Gasteiger partial charge in [0.2, 0.25) is 0 Å². The number of imidazole rings is 1. The highest BCUT2D eigenvalue weighted by molar-refractivity contribution is 5.80. The zero-order valence-electron chi connectivity index (χ0n) is 14.0. The molecule has 0 amide bonds. The van der Waals surface area contributed by atoms with Gasteiger partial charge < -0.3 is 24.3 Å². The number of ether oxygens (including phenoxy) is 3. The summed E-state index contributed by atoms with van der Waals surface area (Å²) in [5, 5.41) is 8.61. The van der Waals surface area contributed by atoms with Gasteiger partial charge in [-0.3, -0.25) is 0 Å². The number of hydrogen-bond donors (Lipinski definition) is 2. The Labute approximate surface area is 146 Å². The van der Waals surface area contributed by atoms with Crippen molar-refractivity contribution >= 4 is 11.0 Å². The van der Waals surface area contributed by atoms with Crippen LogP contribution in [0.5, 0.6) is 5.75 Å². The Balaban J connectivity index is 1.56. The Hall–Kier alpha value is -2.41. The predicted octanol–water partition coefficient (Wildman–Crippen LogP) is 2.63. The van der Waals surface area contributed by atoms with Crippen molar-refractivity contribution in [3.05, 3.63) is 48.5 Å². The summed E-state index contributed by atoms with van der Waals surface area (Å²) in [5.74, 6) is 1.55. The van der Waals surface area contributed by atoms with E-state index in [1.807, 2.05) is 48.5 Å². The van der Waals surface area contributed by atoms with Gasteiger partial charge in [0.1, 0.15) is 18.2 Å². The minimum absolute atomic E-state index is 0.0294. The summed E-state index contributed by atoms with van der Waals surface area (Å²) < 4.78 is 16.4. The summed E-state index contributed by atoms with van der Waals surface area (Å²) in [7, 11) is 0. The molecule has 0 aliphatic carbocycles. The Kier molecular flexibility index (Phi) is 6.39. The summed E-state index contributed by atoms with van der Waals surface area (Å²) in [4.78, 5) is 7.95. The van der Waals surface area contributed by atoms with Crippen molar-refractivity contribution in [3.8, 4) is 17.1 Å². The highest BCUT2D eigenvalue weighted by Crippen LogP contribution is 2.29. The highest BCUT2D eigenvalue weighted by atomic mass is 16.5. The first-order valence-electron chi connectivity index (χ1n) is 8.32. The van der Waals surface area contributed by atoms with E-state index < -0.39 is 0 Å². The topological polar surface area (TPSA) is 76.6 Å². The number of H-pyrrole nitrogens is 1. The van der Waals surface area contributed by atoms with E-state index in [0.29, 0.717) is 33.0 Å². The zero-order valence-corrected chi connectivity index (χ0v) is 14.0. The minimum atomic E-state index is 0.0294. The van der Waals surface area contributed by atoms with Crippen LogP contribution in [0, 0.1) is 0 Å². The third-order valence-corrected chi connectivity index (χ3v) is 3.62. The molecule has 3 aromatic rings. The highest BCUT2D eigenvalue weighted by Gasteiger charge is 2.10. The second-order valence-corrected chi connectivity index (χ2v) is 5.40. The van der Waals surface area contributed by atoms with E-state index in [1.54, 1.807) is 0 Å². The first-order valence-corrected chi connectivity index (χ1v) is 8.32. The molecule has 0 bridgehead atoms. The van der Waals surface area contributed by atoms with Crippen molar-refractivity contribution in [2.24, 2.45) is 0 Å². The van der Waals surface area contributed by atoms with Gasteiger partial charge in [-0.2, -0.15) is 0 Å². The van der Waals surface area contributed by atoms with Gasteiger partial charge in [0.25, 0.3) is 0 Å². The monoisotopic (exact) mass is 342 g/mol. The van der Waals surface area contributed by atoms with Gasteiger partial charge in [-0.25, -0.2) is 4.98 Å². The summed E-state index contributed by atoms with van der Waals surface area (Å²) >= 11 is 0. The molecule has 25 heavy (non-hydrogen) atoms. The summed E-state index contributed by atoms with van der Waals surface area (Å²) in [5.41, 5.74) is 2.85. The Morgan fingerprint density at radius 2 is 1.56 bits per heavy atom. The summed E-state index contributed by atoms with van der Waals surface area (Å²) in [6.45, 7) is 2.23. The Morgan fingerprint density at radius 3 is 2.40 bits per heavy atom. The molecule has 0 atom stereocenters. The van der Waals surface area contributed by atoms with Crippen LogP contribution in [-0.2, 0) is 9.47 Å². The van der Waals surface area contributed by atoms with E-state index in [2.05, 4.69) is 9.97 Å².